The van der Waals surface area contributed by atoms with Crippen LogP contribution in [0.2, 0.25) is 0 Å². The highest BCUT2D eigenvalue weighted by Gasteiger charge is 2.26. The van der Waals surface area contributed by atoms with Gasteiger partial charge in [0.2, 0.25) is 5.91 Å². The van der Waals surface area contributed by atoms with Crippen molar-refractivity contribution in [3.63, 3.8) is 0 Å². The fourth-order valence-corrected chi connectivity index (χ4v) is 3.64. The zero-order valence-corrected chi connectivity index (χ0v) is 13.2. The largest absolute Gasteiger partial charge is 0.342 e. The van der Waals surface area contributed by atoms with E-state index in [0.717, 1.165) is 32.4 Å². The topological polar surface area (TPSA) is 20.3 Å². The van der Waals surface area contributed by atoms with Crippen molar-refractivity contribution in [1.29, 1.82) is 0 Å². The molecule has 1 aliphatic rings. The van der Waals surface area contributed by atoms with Gasteiger partial charge in [-0.15, -0.1) is 11.3 Å². The summed E-state index contributed by atoms with van der Waals surface area (Å²) in [5.74, 6) is 1.00. The van der Waals surface area contributed by atoms with Gasteiger partial charge in [0, 0.05) is 29.2 Å². The van der Waals surface area contributed by atoms with E-state index in [-0.39, 0.29) is 0 Å². The van der Waals surface area contributed by atoms with E-state index in [0.29, 0.717) is 23.1 Å². The maximum Gasteiger partial charge on any atom is 0.222 e. The van der Waals surface area contributed by atoms with Gasteiger partial charge < -0.3 is 4.90 Å². The lowest BCUT2D eigenvalue weighted by Gasteiger charge is -2.34. The van der Waals surface area contributed by atoms with Crippen LogP contribution in [0.25, 0.3) is 0 Å². The van der Waals surface area contributed by atoms with Crippen LogP contribution in [0, 0.1) is 5.92 Å². The first kappa shape index (κ1) is 14.1. The normalized spacial score (nSPS) is 24.2. The Bertz CT molecular complexity index is 379. The summed E-state index contributed by atoms with van der Waals surface area (Å²) in [6, 6.07) is 4.22. The summed E-state index contributed by atoms with van der Waals surface area (Å²) < 4.78 is 0. The lowest BCUT2D eigenvalue weighted by atomic mass is 9.98. The summed E-state index contributed by atoms with van der Waals surface area (Å²) in [6.07, 6.45) is 3.81. The van der Waals surface area contributed by atoms with Crippen LogP contribution in [0.15, 0.2) is 17.5 Å². The maximum atomic E-state index is 12.1. The first-order chi connectivity index (χ1) is 8.66. The fraction of sp³-hybridized carbons (Fsp3) is 0.643. The Kier molecular flexibility index (Phi) is 5.25. The number of halogens is 1. The minimum atomic E-state index is 0.322. The molecule has 2 atom stereocenters. The Morgan fingerprint density at radius 3 is 3.11 bits per heavy atom. The van der Waals surface area contributed by atoms with Crippen molar-refractivity contribution < 1.29 is 4.79 Å². The highest BCUT2D eigenvalue weighted by atomic mass is 79.9. The number of aryl methyl sites for hydroxylation is 1. The molecule has 0 aliphatic carbocycles. The van der Waals surface area contributed by atoms with E-state index in [1.807, 2.05) is 4.90 Å². The third-order valence-corrected chi connectivity index (χ3v) is 5.74. The number of carbonyl (C=O) groups excluding carboxylic acids is 1. The van der Waals surface area contributed by atoms with Gasteiger partial charge in [-0.2, -0.15) is 0 Å². The van der Waals surface area contributed by atoms with Crippen molar-refractivity contribution in [2.24, 2.45) is 5.92 Å². The Morgan fingerprint density at radius 2 is 2.44 bits per heavy atom. The average molecular weight is 330 g/mol. The smallest absolute Gasteiger partial charge is 0.222 e. The molecular weight excluding hydrogens is 310 g/mol. The number of amides is 1. The van der Waals surface area contributed by atoms with E-state index in [9.17, 15) is 4.79 Å². The van der Waals surface area contributed by atoms with Gasteiger partial charge in [0.1, 0.15) is 0 Å². The molecule has 1 amide bonds. The van der Waals surface area contributed by atoms with Crippen molar-refractivity contribution >= 4 is 33.2 Å². The van der Waals surface area contributed by atoms with Gasteiger partial charge in [-0.1, -0.05) is 28.9 Å². The van der Waals surface area contributed by atoms with Gasteiger partial charge >= 0.3 is 0 Å². The van der Waals surface area contributed by atoms with Crippen LogP contribution in [-0.2, 0) is 11.2 Å². The van der Waals surface area contributed by atoms with Gasteiger partial charge in [0.05, 0.1) is 0 Å². The zero-order chi connectivity index (χ0) is 13.0. The van der Waals surface area contributed by atoms with E-state index >= 15 is 0 Å². The SMILES string of the molecule is CC1CCN(C(=O)CCCc2cccs2)CC1Br. The summed E-state index contributed by atoms with van der Waals surface area (Å²) in [5.41, 5.74) is 0. The molecular formula is C14H20BrNOS. The minimum absolute atomic E-state index is 0.322. The Morgan fingerprint density at radius 1 is 1.61 bits per heavy atom. The molecule has 0 bridgehead atoms. The highest BCUT2D eigenvalue weighted by molar-refractivity contribution is 9.09. The van der Waals surface area contributed by atoms with Crippen LogP contribution < -0.4 is 0 Å². The van der Waals surface area contributed by atoms with E-state index in [2.05, 4.69) is 40.4 Å². The Hall–Kier alpha value is -0.350. The molecule has 1 aromatic rings. The lowest BCUT2D eigenvalue weighted by molar-refractivity contribution is -0.132. The number of carbonyl (C=O) groups is 1. The number of hydrogen-bond donors (Lipinski definition) is 0. The van der Waals surface area contributed by atoms with Crippen LogP contribution in [0.1, 0.15) is 31.1 Å². The predicted octanol–water partition coefficient (Wildman–Crippen LogP) is 3.70. The highest BCUT2D eigenvalue weighted by Crippen LogP contribution is 2.24. The van der Waals surface area contributed by atoms with Gasteiger partial charge in [-0.3, -0.25) is 4.79 Å². The molecule has 18 heavy (non-hydrogen) atoms. The second kappa shape index (κ2) is 6.71. The van der Waals surface area contributed by atoms with E-state index < -0.39 is 0 Å². The van der Waals surface area contributed by atoms with Crippen molar-refractivity contribution in [1.82, 2.24) is 4.90 Å². The molecule has 0 radical (unpaired) electrons. The fourth-order valence-electron chi connectivity index (χ4n) is 2.28. The molecule has 0 N–H and O–H groups in total. The number of thiophene rings is 1. The molecule has 2 unspecified atom stereocenters. The van der Waals surface area contributed by atoms with E-state index in [1.165, 1.54) is 4.88 Å². The summed E-state index contributed by atoms with van der Waals surface area (Å²) in [6.45, 7) is 4.05. The third-order valence-electron chi connectivity index (χ3n) is 3.61. The molecule has 100 valence electrons. The molecule has 0 saturated carbocycles. The second-order valence-corrected chi connectivity index (χ2v) is 7.26. The number of nitrogens with zero attached hydrogens (tertiary/aromatic N) is 1. The first-order valence-corrected chi connectivity index (χ1v) is 8.40. The second-order valence-electron chi connectivity index (χ2n) is 5.05. The Labute approximate surface area is 122 Å². The molecule has 0 spiro atoms. The van der Waals surface area contributed by atoms with Crippen molar-refractivity contribution in [3.05, 3.63) is 22.4 Å². The molecule has 1 aromatic heterocycles. The molecule has 1 saturated heterocycles. The number of hydrogen-bond acceptors (Lipinski definition) is 2. The third kappa shape index (κ3) is 3.82. The van der Waals surface area contributed by atoms with Crippen LogP contribution in [0.4, 0.5) is 0 Å². The molecule has 1 fully saturated rings. The first-order valence-electron chi connectivity index (χ1n) is 6.61. The van der Waals surface area contributed by atoms with Gasteiger partial charge in [0.25, 0.3) is 0 Å². The molecule has 2 heterocycles. The van der Waals surface area contributed by atoms with Crippen molar-refractivity contribution in [2.45, 2.75) is 37.4 Å². The zero-order valence-electron chi connectivity index (χ0n) is 10.8. The standard InChI is InChI=1S/C14H20BrNOS/c1-11-7-8-16(10-13(11)15)14(17)6-2-4-12-5-3-9-18-12/h3,5,9,11,13H,2,4,6-8,10H2,1H3. The van der Waals surface area contributed by atoms with Gasteiger partial charge in [-0.25, -0.2) is 0 Å². The van der Waals surface area contributed by atoms with Crippen molar-refractivity contribution in [2.75, 3.05) is 13.1 Å². The maximum absolute atomic E-state index is 12.1. The van der Waals surface area contributed by atoms with Gasteiger partial charge in [-0.05, 0) is 36.6 Å². The number of piperidine rings is 1. The number of likely N-dealkylation sites (tertiary alicyclic amines) is 1. The van der Waals surface area contributed by atoms with Crippen LogP contribution in [0.3, 0.4) is 0 Å². The summed E-state index contributed by atoms with van der Waals surface area (Å²) in [7, 11) is 0. The van der Waals surface area contributed by atoms with Crippen LogP contribution in [-0.4, -0.2) is 28.7 Å². The van der Waals surface area contributed by atoms with Crippen LogP contribution in [0.5, 0.6) is 0 Å². The monoisotopic (exact) mass is 329 g/mol. The lowest BCUT2D eigenvalue weighted by Crippen LogP contribution is -2.43. The van der Waals surface area contributed by atoms with Gasteiger partial charge in [0.15, 0.2) is 0 Å². The Balaban J connectivity index is 1.71. The van der Waals surface area contributed by atoms with Crippen molar-refractivity contribution in [3.8, 4) is 0 Å². The number of rotatable bonds is 4. The summed E-state index contributed by atoms with van der Waals surface area (Å²) in [4.78, 5) is 16.0. The van der Waals surface area contributed by atoms with E-state index in [1.54, 1.807) is 11.3 Å². The molecule has 1 aliphatic heterocycles. The van der Waals surface area contributed by atoms with E-state index in [4.69, 9.17) is 0 Å². The average Bonchev–Trinajstić information content (AvgIpc) is 2.85. The molecule has 0 aromatic carbocycles. The quantitative estimate of drug-likeness (QED) is 0.771. The van der Waals surface area contributed by atoms with Crippen LogP contribution >= 0.6 is 27.3 Å². The molecule has 4 heteroatoms. The minimum Gasteiger partial charge on any atom is -0.342 e. The molecule has 2 nitrogen and oxygen atoms in total. The summed E-state index contributed by atoms with van der Waals surface area (Å²) in [5, 5.41) is 2.10. The number of alkyl halides is 1. The summed E-state index contributed by atoms with van der Waals surface area (Å²) >= 11 is 5.45. The predicted molar refractivity (Wildman–Crippen MR) is 80.3 cm³/mol. The molecule has 2 rings (SSSR count).